The molecule has 5 rings (SSSR count). The van der Waals surface area contributed by atoms with Crippen LogP contribution >= 0.6 is 0 Å². The number of benzene rings is 3. The quantitative estimate of drug-likeness (QED) is 0.207. The lowest BCUT2D eigenvalue weighted by Gasteiger charge is -2.19. The summed E-state index contributed by atoms with van der Waals surface area (Å²) >= 11 is 0. The van der Waals surface area contributed by atoms with E-state index in [1.807, 2.05) is 30.5 Å². The molecule has 1 aromatic heterocycles. The molecule has 1 aliphatic rings. The first-order chi connectivity index (χ1) is 19.4. The van der Waals surface area contributed by atoms with Crippen molar-refractivity contribution in [2.75, 3.05) is 13.1 Å². The van der Waals surface area contributed by atoms with Gasteiger partial charge in [-0.1, -0.05) is 56.3 Å². The summed E-state index contributed by atoms with van der Waals surface area (Å²) in [6, 6.07) is 25.4. The summed E-state index contributed by atoms with van der Waals surface area (Å²) in [7, 11) is 0. The monoisotopic (exact) mass is 532 g/mol. The molecule has 0 aliphatic carbocycles. The van der Waals surface area contributed by atoms with E-state index in [0.29, 0.717) is 43.0 Å². The highest BCUT2D eigenvalue weighted by molar-refractivity contribution is 6.21. The van der Waals surface area contributed by atoms with Crippen LogP contribution in [0.3, 0.4) is 0 Å². The molecule has 202 valence electrons. The number of imide groups is 1. The van der Waals surface area contributed by atoms with Gasteiger partial charge in [-0.2, -0.15) is 5.26 Å². The molecule has 3 aromatic carbocycles. The normalized spacial score (nSPS) is 13.5. The van der Waals surface area contributed by atoms with E-state index in [2.05, 4.69) is 54.1 Å². The van der Waals surface area contributed by atoms with Gasteiger partial charge in [-0.15, -0.1) is 0 Å². The summed E-state index contributed by atoms with van der Waals surface area (Å²) in [5, 5.41) is 12.7. The predicted molar refractivity (Wildman–Crippen MR) is 155 cm³/mol. The number of fused-ring (bicyclic) bond motifs is 2. The van der Waals surface area contributed by atoms with Gasteiger partial charge in [0, 0.05) is 30.2 Å². The van der Waals surface area contributed by atoms with Gasteiger partial charge in [0.15, 0.2) is 0 Å². The van der Waals surface area contributed by atoms with Crippen LogP contribution in [0.25, 0.3) is 22.0 Å². The maximum atomic E-state index is 12.8. The molecule has 1 aliphatic heterocycles. The Balaban J connectivity index is 1.30. The fourth-order valence-corrected chi connectivity index (χ4v) is 5.47. The first-order valence-electron chi connectivity index (χ1n) is 13.7. The van der Waals surface area contributed by atoms with E-state index >= 15 is 0 Å². The van der Waals surface area contributed by atoms with Crippen molar-refractivity contribution in [1.82, 2.24) is 14.8 Å². The van der Waals surface area contributed by atoms with Gasteiger partial charge in [-0.05, 0) is 65.8 Å². The van der Waals surface area contributed by atoms with Crippen LogP contribution in [-0.2, 0) is 11.3 Å². The van der Waals surface area contributed by atoms with Crippen LogP contribution in [-0.4, -0.2) is 40.3 Å². The van der Waals surface area contributed by atoms with Crippen LogP contribution in [0.2, 0.25) is 0 Å². The molecular weight excluding hydrogens is 500 g/mol. The third-order valence-electron chi connectivity index (χ3n) is 7.42. The molecule has 0 saturated carbocycles. The molecule has 0 radical (unpaired) electrons. The maximum Gasteiger partial charge on any atom is 0.261 e. The van der Waals surface area contributed by atoms with Crippen molar-refractivity contribution in [2.24, 2.45) is 5.92 Å². The predicted octanol–water partition coefficient (Wildman–Crippen LogP) is 5.76. The summed E-state index contributed by atoms with van der Waals surface area (Å²) in [4.78, 5) is 39.5. The molecule has 0 saturated heterocycles. The van der Waals surface area contributed by atoms with Crippen molar-refractivity contribution in [2.45, 2.75) is 39.2 Å². The molecule has 0 fully saturated rings. The molecule has 7 heteroatoms. The zero-order valence-electron chi connectivity index (χ0n) is 22.8. The van der Waals surface area contributed by atoms with E-state index in [1.165, 1.54) is 4.90 Å². The zero-order chi connectivity index (χ0) is 28.2. The summed E-state index contributed by atoms with van der Waals surface area (Å²) in [6.45, 7) is 5.23. The average molecular weight is 533 g/mol. The smallest absolute Gasteiger partial charge is 0.261 e. The number of hydrogen-bond acceptors (Lipinski definition) is 4. The van der Waals surface area contributed by atoms with Gasteiger partial charge < -0.3 is 9.88 Å². The Labute approximate surface area is 234 Å². The Hall–Kier alpha value is -4.70. The van der Waals surface area contributed by atoms with Gasteiger partial charge in [0.25, 0.3) is 11.8 Å². The number of amides is 3. The van der Waals surface area contributed by atoms with Crippen molar-refractivity contribution in [3.63, 3.8) is 0 Å². The minimum atomic E-state index is -0.319. The van der Waals surface area contributed by atoms with Gasteiger partial charge in [-0.3, -0.25) is 19.3 Å². The molecule has 0 spiro atoms. The molecule has 0 bridgehead atoms. The van der Waals surface area contributed by atoms with E-state index in [-0.39, 0.29) is 30.2 Å². The number of hydrogen-bond donors (Lipinski definition) is 1. The van der Waals surface area contributed by atoms with Crippen molar-refractivity contribution >= 4 is 28.6 Å². The molecule has 2 heterocycles. The number of carbonyl (C=O) groups is 3. The highest BCUT2D eigenvalue weighted by Crippen LogP contribution is 2.31. The number of nitrogens with one attached hydrogen (secondary N) is 1. The number of aromatic nitrogens is 1. The van der Waals surface area contributed by atoms with Gasteiger partial charge in [0.05, 0.1) is 23.1 Å². The van der Waals surface area contributed by atoms with E-state index in [4.69, 9.17) is 5.26 Å². The third kappa shape index (κ3) is 5.39. The first-order valence-corrected chi connectivity index (χ1v) is 13.7. The maximum absolute atomic E-state index is 12.8. The van der Waals surface area contributed by atoms with E-state index in [1.54, 1.807) is 24.3 Å². The second kappa shape index (κ2) is 11.6. The Morgan fingerprint density at radius 3 is 2.33 bits per heavy atom. The summed E-state index contributed by atoms with van der Waals surface area (Å²) < 4.78 is 2.14. The van der Waals surface area contributed by atoms with Crippen LogP contribution in [0, 0.1) is 17.2 Å². The first kappa shape index (κ1) is 26.9. The lowest BCUT2D eigenvalue weighted by Crippen LogP contribution is -2.31. The standard InChI is InChI=1S/C33H32N4O3/c1-22(2)19-29(31(38)35-15-14-34)25-8-5-7-23(20-25)24-11-12-30-26(21-24)13-18-36(30)16-6-17-37-32(39)27-9-3-4-10-28(27)33(37)40/h3-5,7-13,18,20-22,29H,6,15-17,19H2,1-2H3,(H,35,38)/t29-/m1/s1. The molecule has 40 heavy (non-hydrogen) atoms. The molecule has 1 N–H and O–H groups in total. The fourth-order valence-electron chi connectivity index (χ4n) is 5.47. The summed E-state index contributed by atoms with van der Waals surface area (Å²) in [6.07, 6.45) is 3.39. The summed E-state index contributed by atoms with van der Waals surface area (Å²) in [5.41, 5.74) is 5.06. The third-order valence-corrected chi connectivity index (χ3v) is 7.42. The number of nitrogens with zero attached hydrogens (tertiary/aromatic N) is 3. The highest BCUT2D eigenvalue weighted by Gasteiger charge is 2.34. The Kier molecular flexibility index (Phi) is 7.79. The zero-order valence-corrected chi connectivity index (χ0v) is 22.8. The van der Waals surface area contributed by atoms with Crippen LogP contribution in [0.15, 0.2) is 79.0 Å². The van der Waals surface area contributed by atoms with Crippen molar-refractivity contribution in [3.8, 4) is 17.2 Å². The second-order valence-electron chi connectivity index (χ2n) is 10.6. The van der Waals surface area contributed by atoms with Crippen LogP contribution in [0.5, 0.6) is 0 Å². The van der Waals surface area contributed by atoms with Gasteiger partial charge >= 0.3 is 0 Å². The lowest BCUT2D eigenvalue weighted by molar-refractivity contribution is -0.122. The largest absolute Gasteiger partial charge is 0.347 e. The van der Waals surface area contributed by atoms with Crippen LogP contribution in [0.4, 0.5) is 0 Å². The van der Waals surface area contributed by atoms with Crippen LogP contribution < -0.4 is 5.32 Å². The molecule has 1 atom stereocenters. The molecule has 0 unspecified atom stereocenters. The average Bonchev–Trinajstić information content (AvgIpc) is 3.48. The van der Waals surface area contributed by atoms with Gasteiger partial charge in [0.1, 0.15) is 6.54 Å². The van der Waals surface area contributed by atoms with Crippen molar-refractivity contribution < 1.29 is 14.4 Å². The van der Waals surface area contributed by atoms with Crippen LogP contribution in [0.1, 0.15) is 58.9 Å². The van der Waals surface area contributed by atoms with Gasteiger partial charge in [0.2, 0.25) is 5.91 Å². The SMILES string of the molecule is CC(C)C[C@@H](C(=O)NCC#N)c1cccc(-c2ccc3c(ccn3CCCN3C(=O)c4ccccc4C3=O)c2)c1. The number of carbonyl (C=O) groups excluding carboxylic acids is 3. The minimum absolute atomic E-state index is 0.000919. The van der Waals surface area contributed by atoms with Crippen molar-refractivity contribution in [1.29, 1.82) is 5.26 Å². The Morgan fingerprint density at radius 2 is 1.62 bits per heavy atom. The number of rotatable bonds is 10. The lowest BCUT2D eigenvalue weighted by atomic mass is 9.88. The molecular formula is C33H32N4O3. The number of aryl methyl sites for hydroxylation is 1. The minimum Gasteiger partial charge on any atom is -0.347 e. The fraction of sp³-hybridized carbons (Fsp3) is 0.273. The second-order valence-corrected chi connectivity index (χ2v) is 10.6. The highest BCUT2D eigenvalue weighted by atomic mass is 16.2. The topological polar surface area (TPSA) is 95.2 Å². The van der Waals surface area contributed by atoms with Crippen molar-refractivity contribution in [3.05, 3.63) is 95.7 Å². The Morgan fingerprint density at radius 1 is 0.900 bits per heavy atom. The number of nitriles is 1. The van der Waals surface area contributed by atoms with E-state index in [0.717, 1.165) is 27.6 Å². The summed E-state index contributed by atoms with van der Waals surface area (Å²) in [5.74, 6) is -0.554. The van der Waals surface area contributed by atoms with Gasteiger partial charge in [-0.25, -0.2) is 0 Å². The Bertz CT molecular complexity index is 1590. The van der Waals surface area contributed by atoms with E-state index in [9.17, 15) is 14.4 Å². The molecule has 4 aromatic rings. The molecule has 7 nitrogen and oxygen atoms in total. The van der Waals surface area contributed by atoms with E-state index < -0.39 is 0 Å². The molecule has 3 amide bonds.